The van der Waals surface area contributed by atoms with Gasteiger partial charge in [0.1, 0.15) is 5.82 Å². The van der Waals surface area contributed by atoms with E-state index in [4.69, 9.17) is 16.3 Å². The SMILES string of the molecule is CNC(CC1CCCO1)c1cc(Cl)c(Br)cc1F. The molecule has 0 bridgehead atoms. The van der Waals surface area contributed by atoms with Gasteiger partial charge in [0.2, 0.25) is 0 Å². The first-order valence-electron chi connectivity index (χ1n) is 6.05. The van der Waals surface area contributed by atoms with Crippen LogP contribution in [0.25, 0.3) is 0 Å². The average Bonchev–Trinajstić information content (AvgIpc) is 2.84. The van der Waals surface area contributed by atoms with Crippen molar-refractivity contribution in [1.82, 2.24) is 5.32 Å². The molecule has 2 nitrogen and oxygen atoms in total. The predicted octanol–water partition coefficient (Wildman–Crippen LogP) is 4.07. The van der Waals surface area contributed by atoms with Gasteiger partial charge in [0, 0.05) is 22.7 Å². The number of rotatable bonds is 4. The Balaban J connectivity index is 2.18. The summed E-state index contributed by atoms with van der Waals surface area (Å²) in [5.41, 5.74) is 0.598. The molecule has 0 spiro atoms. The van der Waals surface area contributed by atoms with Crippen molar-refractivity contribution in [2.75, 3.05) is 13.7 Å². The first kappa shape index (κ1) is 14.3. The van der Waals surface area contributed by atoms with E-state index < -0.39 is 0 Å². The van der Waals surface area contributed by atoms with Gasteiger partial charge in [-0.15, -0.1) is 0 Å². The lowest BCUT2D eigenvalue weighted by atomic mass is 9.99. The molecule has 1 aliphatic heterocycles. The van der Waals surface area contributed by atoms with Crippen LogP contribution in [-0.2, 0) is 4.74 Å². The van der Waals surface area contributed by atoms with E-state index >= 15 is 0 Å². The zero-order valence-electron chi connectivity index (χ0n) is 10.2. The predicted molar refractivity (Wildman–Crippen MR) is 74.5 cm³/mol. The number of ether oxygens (including phenoxy) is 1. The van der Waals surface area contributed by atoms with E-state index in [9.17, 15) is 4.39 Å². The minimum absolute atomic E-state index is 0.0706. The van der Waals surface area contributed by atoms with Gasteiger partial charge in [0.15, 0.2) is 0 Å². The van der Waals surface area contributed by atoms with Crippen LogP contribution in [0, 0.1) is 5.82 Å². The molecule has 1 aromatic rings. The maximum Gasteiger partial charge on any atom is 0.129 e. The van der Waals surface area contributed by atoms with Gasteiger partial charge < -0.3 is 10.1 Å². The zero-order chi connectivity index (χ0) is 13.1. The van der Waals surface area contributed by atoms with Gasteiger partial charge >= 0.3 is 0 Å². The van der Waals surface area contributed by atoms with Crippen LogP contribution >= 0.6 is 27.5 Å². The van der Waals surface area contributed by atoms with Gasteiger partial charge in [-0.2, -0.15) is 0 Å². The maximum absolute atomic E-state index is 14.0. The molecule has 1 heterocycles. The Morgan fingerprint density at radius 1 is 1.61 bits per heavy atom. The smallest absolute Gasteiger partial charge is 0.129 e. The molecule has 0 aliphatic carbocycles. The van der Waals surface area contributed by atoms with Crippen molar-refractivity contribution in [1.29, 1.82) is 0 Å². The van der Waals surface area contributed by atoms with Crippen LogP contribution in [0.2, 0.25) is 5.02 Å². The van der Waals surface area contributed by atoms with E-state index in [1.54, 1.807) is 6.07 Å². The average molecular weight is 337 g/mol. The molecule has 1 N–H and O–H groups in total. The third-order valence-corrected chi connectivity index (χ3v) is 4.48. The number of benzene rings is 1. The summed E-state index contributed by atoms with van der Waals surface area (Å²) in [7, 11) is 1.83. The van der Waals surface area contributed by atoms with Crippen molar-refractivity contribution in [3.63, 3.8) is 0 Å². The molecular formula is C13H16BrClFNO. The van der Waals surface area contributed by atoms with Crippen LogP contribution in [-0.4, -0.2) is 19.8 Å². The minimum atomic E-state index is -0.247. The molecule has 1 aromatic carbocycles. The second-order valence-corrected chi connectivity index (χ2v) is 5.76. The Morgan fingerprint density at radius 2 is 2.39 bits per heavy atom. The molecule has 0 amide bonds. The largest absolute Gasteiger partial charge is 0.378 e. The molecule has 18 heavy (non-hydrogen) atoms. The summed E-state index contributed by atoms with van der Waals surface area (Å²) in [6.07, 6.45) is 3.12. The zero-order valence-corrected chi connectivity index (χ0v) is 12.5. The number of hydrogen-bond acceptors (Lipinski definition) is 2. The Hall–Kier alpha value is -0.160. The molecule has 0 saturated carbocycles. The van der Waals surface area contributed by atoms with Gasteiger partial charge in [-0.1, -0.05) is 11.6 Å². The van der Waals surface area contributed by atoms with Crippen molar-refractivity contribution < 1.29 is 9.13 Å². The van der Waals surface area contributed by atoms with E-state index in [2.05, 4.69) is 21.2 Å². The number of halogens is 3. The van der Waals surface area contributed by atoms with Crippen LogP contribution < -0.4 is 5.32 Å². The highest BCUT2D eigenvalue weighted by molar-refractivity contribution is 9.10. The Bertz CT molecular complexity index is 424. The lowest BCUT2D eigenvalue weighted by Crippen LogP contribution is -2.23. The molecule has 1 fully saturated rings. The van der Waals surface area contributed by atoms with Gasteiger partial charge in [-0.25, -0.2) is 4.39 Å². The maximum atomic E-state index is 14.0. The van der Waals surface area contributed by atoms with Gasteiger partial charge in [-0.05, 0) is 54.4 Å². The molecule has 0 radical (unpaired) electrons. The Labute approximate surface area is 120 Å². The lowest BCUT2D eigenvalue weighted by Gasteiger charge is -2.21. The van der Waals surface area contributed by atoms with Crippen LogP contribution in [0.15, 0.2) is 16.6 Å². The van der Waals surface area contributed by atoms with Crippen molar-refractivity contribution in [2.45, 2.75) is 31.4 Å². The third kappa shape index (κ3) is 3.23. The van der Waals surface area contributed by atoms with Crippen molar-refractivity contribution in [3.8, 4) is 0 Å². The fourth-order valence-corrected chi connectivity index (χ4v) is 2.79. The fraction of sp³-hybridized carbons (Fsp3) is 0.538. The van der Waals surface area contributed by atoms with E-state index in [-0.39, 0.29) is 18.0 Å². The molecule has 1 saturated heterocycles. The number of hydrogen-bond donors (Lipinski definition) is 1. The fourth-order valence-electron chi connectivity index (χ4n) is 2.30. The number of nitrogens with one attached hydrogen (secondary N) is 1. The van der Waals surface area contributed by atoms with Gasteiger partial charge in [0.25, 0.3) is 0 Å². The van der Waals surface area contributed by atoms with Crippen molar-refractivity contribution >= 4 is 27.5 Å². The Kier molecular flexibility index (Phi) is 5.01. The first-order valence-corrected chi connectivity index (χ1v) is 7.22. The van der Waals surface area contributed by atoms with Gasteiger partial charge in [-0.3, -0.25) is 0 Å². The van der Waals surface area contributed by atoms with E-state index in [0.29, 0.717) is 15.1 Å². The highest BCUT2D eigenvalue weighted by Gasteiger charge is 2.23. The quantitative estimate of drug-likeness (QED) is 0.837. The molecule has 5 heteroatoms. The summed E-state index contributed by atoms with van der Waals surface area (Å²) in [6.45, 7) is 0.810. The van der Waals surface area contributed by atoms with Gasteiger partial charge in [0.05, 0.1) is 11.1 Å². The minimum Gasteiger partial charge on any atom is -0.378 e. The highest BCUT2D eigenvalue weighted by atomic mass is 79.9. The molecule has 2 unspecified atom stereocenters. The molecule has 100 valence electrons. The monoisotopic (exact) mass is 335 g/mol. The second kappa shape index (κ2) is 6.33. The normalized spacial score (nSPS) is 21.2. The molecule has 0 aromatic heterocycles. The first-order chi connectivity index (χ1) is 8.61. The molecule has 1 aliphatic rings. The standard InChI is InChI=1S/C13H16BrClFNO/c1-17-13(5-8-3-2-4-18-8)9-6-11(15)10(14)7-12(9)16/h6-8,13,17H,2-5H2,1H3. The molecule has 2 rings (SSSR count). The lowest BCUT2D eigenvalue weighted by molar-refractivity contribution is 0.0950. The molecular weight excluding hydrogens is 321 g/mol. The van der Waals surface area contributed by atoms with Crippen molar-refractivity contribution in [3.05, 3.63) is 33.0 Å². The van der Waals surface area contributed by atoms with Crippen LogP contribution in [0.5, 0.6) is 0 Å². The van der Waals surface area contributed by atoms with E-state index in [1.807, 2.05) is 7.05 Å². The summed E-state index contributed by atoms with van der Waals surface area (Å²) in [5, 5.41) is 3.67. The topological polar surface area (TPSA) is 21.3 Å². The Morgan fingerprint density at radius 3 is 3.00 bits per heavy atom. The summed E-state index contributed by atoms with van der Waals surface area (Å²) < 4.78 is 20.1. The summed E-state index contributed by atoms with van der Waals surface area (Å²) in [4.78, 5) is 0. The molecule has 2 atom stereocenters. The summed E-state index contributed by atoms with van der Waals surface area (Å²) in [6, 6.07) is 3.02. The highest BCUT2D eigenvalue weighted by Crippen LogP contribution is 2.32. The second-order valence-electron chi connectivity index (χ2n) is 4.50. The van der Waals surface area contributed by atoms with Crippen LogP contribution in [0.3, 0.4) is 0 Å². The van der Waals surface area contributed by atoms with Crippen molar-refractivity contribution in [2.24, 2.45) is 0 Å². The summed E-state index contributed by atoms with van der Waals surface area (Å²) >= 11 is 9.25. The third-order valence-electron chi connectivity index (χ3n) is 3.29. The van der Waals surface area contributed by atoms with Crippen LogP contribution in [0.4, 0.5) is 4.39 Å². The van der Waals surface area contributed by atoms with Crippen LogP contribution in [0.1, 0.15) is 30.9 Å². The van der Waals surface area contributed by atoms with E-state index in [1.165, 1.54) is 6.07 Å². The summed E-state index contributed by atoms with van der Waals surface area (Å²) in [5.74, 6) is -0.247. The van der Waals surface area contributed by atoms with E-state index in [0.717, 1.165) is 25.9 Å².